The van der Waals surface area contributed by atoms with Crippen LogP contribution in [0.5, 0.6) is 0 Å². The molecule has 0 fully saturated rings. The Morgan fingerprint density at radius 3 is 2.80 bits per heavy atom. The van der Waals surface area contributed by atoms with Crippen molar-refractivity contribution >= 4 is 38.9 Å². The van der Waals surface area contributed by atoms with Gasteiger partial charge in [0.25, 0.3) is 11.6 Å². The van der Waals surface area contributed by atoms with Crippen molar-refractivity contribution in [3.63, 3.8) is 0 Å². The standard InChI is InChI=1S/C13H11BrN2O3S/c1-8-2-3-11(16(18)19)9(6-8)13(17)15-7-12-10(14)4-5-20-12/h2-6H,7H2,1H3,(H,15,17). The first-order valence-corrected chi connectivity index (χ1v) is 7.41. The molecule has 5 nitrogen and oxygen atoms in total. The van der Waals surface area contributed by atoms with Crippen LogP contribution >= 0.6 is 27.3 Å². The second-order valence-electron chi connectivity index (χ2n) is 4.15. The first kappa shape index (κ1) is 14.7. The summed E-state index contributed by atoms with van der Waals surface area (Å²) in [5.41, 5.74) is 0.707. The second kappa shape index (κ2) is 6.15. The van der Waals surface area contributed by atoms with Crippen LogP contribution in [0.25, 0.3) is 0 Å². The van der Waals surface area contributed by atoms with Crippen LogP contribution in [0, 0.1) is 17.0 Å². The van der Waals surface area contributed by atoms with Gasteiger partial charge in [-0.25, -0.2) is 0 Å². The second-order valence-corrected chi connectivity index (χ2v) is 6.01. The number of nitro benzene ring substituents is 1. The maximum absolute atomic E-state index is 12.1. The van der Waals surface area contributed by atoms with Crippen LogP contribution < -0.4 is 5.32 Å². The average molecular weight is 355 g/mol. The third kappa shape index (κ3) is 3.23. The van der Waals surface area contributed by atoms with Gasteiger partial charge in [0.15, 0.2) is 0 Å². The fourth-order valence-electron chi connectivity index (χ4n) is 1.70. The molecule has 0 bridgehead atoms. The fourth-order valence-corrected chi connectivity index (χ4v) is 3.13. The van der Waals surface area contributed by atoms with Gasteiger partial charge in [-0.15, -0.1) is 11.3 Å². The number of aryl methyl sites for hydroxylation is 1. The minimum atomic E-state index is -0.546. The number of amides is 1. The van der Waals surface area contributed by atoms with E-state index >= 15 is 0 Å². The van der Waals surface area contributed by atoms with Crippen molar-refractivity contribution in [1.82, 2.24) is 5.32 Å². The van der Waals surface area contributed by atoms with E-state index < -0.39 is 10.8 Å². The van der Waals surface area contributed by atoms with E-state index in [9.17, 15) is 14.9 Å². The van der Waals surface area contributed by atoms with E-state index in [1.807, 2.05) is 11.4 Å². The lowest BCUT2D eigenvalue weighted by atomic mass is 10.1. The van der Waals surface area contributed by atoms with E-state index in [1.54, 1.807) is 13.0 Å². The minimum Gasteiger partial charge on any atom is -0.347 e. The van der Waals surface area contributed by atoms with Gasteiger partial charge in [-0.3, -0.25) is 14.9 Å². The molecule has 0 unspecified atom stereocenters. The van der Waals surface area contributed by atoms with Gasteiger partial charge in [0.2, 0.25) is 0 Å². The molecule has 1 heterocycles. The van der Waals surface area contributed by atoms with Gasteiger partial charge < -0.3 is 5.32 Å². The van der Waals surface area contributed by atoms with Crippen molar-refractivity contribution in [2.24, 2.45) is 0 Å². The number of carbonyl (C=O) groups is 1. The Hall–Kier alpha value is -1.73. The van der Waals surface area contributed by atoms with Crippen molar-refractivity contribution in [3.05, 3.63) is 60.2 Å². The van der Waals surface area contributed by atoms with Gasteiger partial charge in [0, 0.05) is 15.4 Å². The summed E-state index contributed by atoms with van der Waals surface area (Å²) in [5, 5.41) is 15.5. The third-order valence-electron chi connectivity index (χ3n) is 2.69. The van der Waals surface area contributed by atoms with E-state index in [0.29, 0.717) is 6.54 Å². The number of halogens is 1. The molecule has 7 heteroatoms. The maximum Gasteiger partial charge on any atom is 0.282 e. The first-order valence-electron chi connectivity index (χ1n) is 5.74. The number of thiophene rings is 1. The molecule has 2 aromatic rings. The van der Waals surface area contributed by atoms with E-state index in [2.05, 4.69) is 21.2 Å². The molecule has 1 aromatic heterocycles. The smallest absolute Gasteiger partial charge is 0.282 e. The number of benzene rings is 1. The van der Waals surface area contributed by atoms with Gasteiger partial charge >= 0.3 is 0 Å². The van der Waals surface area contributed by atoms with Gasteiger partial charge in [0.05, 0.1) is 11.5 Å². The fraction of sp³-hybridized carbons (Fsp3) is 0.154. The molecule has 1 amide bonds. The lowest BCUT2D eigenvalue weighted by Gasteiger charge is -2.06. The number of hydrogen-bond donors (Lipinski definition) is 1. The quantitative estimate of drug-likeness (QED) is 0.672. The summed E-state index contributed by atoms with van der Waals surface area (Å²) in [5.74, 6) is -0.444. The summed E-state index contributed by atoms with van der Waals surface area (Å²) >= 11 is 4.88. The minimum absolute atomic E-state index is 0.0858. The largest absolute Gasteiger partial charge is 0.347 e. The van der Waals surface area contributed by atoms with Gasteiger partial charge in [-0.05, 0) is 45.9 Å². The van der Waals surface area contributed by atoms with Crippen LogP contribution in [0.1, 0.15) is 20.8 Å². The number of carbonyl (C=O) groups excluding carboxylic acids is 1. The summed E-state index contributed by atoms with van der Waals surface area (Å²) in [7, 11) is 0. The summed E-state index contributed by atoms with van der Waals surface area (Å²) in [6, 6.07) is 6.38. The van der Waals surface area contributed by atoms with Crippen LogP contribution in [-0.2, 0) is 6.54 Å². The molecule has 104 valence electrons. The SMILES string of the molecule is Cc1ccc([N+](=O)[O-])c(C(=O)NCc2sccc2Br)c1. The van der Waals surface area contributed by atoms with Crippen LogP contribution in [-0.4, -0.2) is 10.8 Å². The topological polar surface area (TPSA) is 72.2 Å². The zero-order valence-corrected chi connectivity index (χ0v) is 13.0. The molecule has 0 spiro atoms. The summed E-state index contributed by atoms with van der Waals surface area (Å²) in [4.78, 5) is 23.5. The third-order valence-corrected chi connectivity index (χ3v) is 4.62. The molecule has 20 heavy (non-hydrogen) atoms. The Bertz CT molecular complexity index is 669. The molecule has 2 rings (SSSR count). The van der Waals surface area contributed by atoms with E-state index in [4.69, 9.17) is 0 Å². The molecule has 0 aliphatic heterocycles. The molecule has 0 saturated carbocycles. The molecule has 0 aliphatic carbocycles. The number of nitro groups is 1. The van der Waals surface area contributed by atoms with E-state index in [1.165, 1.54) is 23.5 Å². The normalized spacial score (nSPS) is 10.3. The van der Waals surface area contributed by atoms with Crippen molar-refractivity contribution in [2.45, 2.75) is 13.5 Å². The lowest BCUT2D eigenvalue weighted by molar-refractivity contribution is -0.385. The highest BCUT2D eigenvalue weighted by atomic mass is 79.9. The lowest BCUT2D eigenvalue weighted by Crippen LogP contribution is -2.23. The number of nitrogens with one attached hydrogen (secondary N) is 1. The van der Waals surface area contributed by atoms with Crippen LogP contribution in [0.15, 0.2) is 34.1 Å². The summed E-state index contributed by atoms with van der Waals surface area (Å²) in [6.45, 7) is 2.12. The maximum atomic E-state index is 12.1. The zero-order valence-electron chi connectivity index (χ0n) is 10.6. The zero-order chi connectivity index (χ0) is 14.7. The van der Waals surface area contributed by atoms with Crippen molar-refractivity contribution in [1.29, 1.82) is 0 Å². The highest BCUT2D eigenvalue weighted by Crippen LogP contribution is 2.23. The number of hydrogen-bond acceptors (Lipinski definition) is 4. The average Bonchev–Trinajstić information content (AvgIpc) is 2.81. The summed E-state index contributed by atoms with van der Waals surface area (Å²) in [6.07, 6.45) is 0. The van der Waals surface area contributed by atoms with E-state index in [-0.39, 0.29) is 11.3 Å². The molecule has 0 radical (unpaired) electrons. The Morgan fingerprint density at radius 2 is 2.20 bits per heavy atom. The van der Waals surface area contributed by atoms with Crippen molar-refractivity contribution in [3.8, 4) is 0 Å². The summed E-state index contributed by atoms with van der Waals surface area (Å²) < 4.78 is 0.918. The Kier molecular flexibility index (Phi) is 4.51. The van der Waals surface area contributed by atoms with Gasteiger partial charge in [0.1, 0.15) is 5.56 Å². The Morgan fingerprint density at radius 1 is 1.45 bits per heavy atom. The molecule has 1 aromatic carbocycles. The van der Waals surface area contributed by atoms with Crippen LogP contribution in [0.2, 0.25) is 0 Å². The van der Waals surface area contributed by atoms with Crippen molar-refractivity contribution < 1.29 is 9.72 Å². The van der Waals surface area contributed by atoms with Crippen LogP contribution in [0.3, 0.4) is 0 Å². The molecule has 0 atom stereocenters. The molecular weight excluding hydrogens is 344 g/mol. The molecular formula is C13H11BrN2O3S. The first-order chi connectivity index (χ1) is 9.49. The van der Waals surface area contributed by atoms with Crippen molar-refractivity contribution in [2.75, 3.05) is 0 Å². The molecule has 0 aliphatic rings. The molecule has 1 N–H and O–H groups in total. The predicted molar refractivity (Wildman–Crippen MR) is 81.0 cm³/mol. The highest BCUT2D eigenvalue weighted by Gasteiger charge is 2.20. The Balaban J connectivity index is 2.19. The molecule has 0 saturated heterocycles. The van der Waals surface area contributed by atoms with Crippen LogP contribution in [0.4, 0.5) is 5.69 Å². The highest BCUT2D eigenvalue weighted by molar-refractivity contribution is 9.10. The van der Waals surface area contributed by atoms with E-state index in [0.717, 1.165) is 14.9 Å². The van der Waals surface area contributed by atoms with Gasteiger partial charge in [-0.2, -0.15) is 0 Å². The predicted octanol–water partition coefficient (Wildman–Crippen LogP) is 3.66. The number of rotatable bonds is 4. The monoisotopic (exact) mass is 354 g/mol. The Labute approximate surface area is 127 Å². The van der Waals surface area contributed by atoms with Gasteiger partial charge in [-0.1, -0.05) is 6.07 Å². The number of nitrogens with zero attached hydrogens (tertiary/aromatic N) is 1.